The number of carbonyl (C=O) groups is 4. The molecule has 12 heteroatoms. The largest absolute Gasteiger partial charge is 0.480 e. The minimum atomic E-state index is -1.49. The number of nitrogens with zero attached hydrogens (tertiary/aromatic N) is 1. The van der Waals surface area contributed by atoms with Gasteiger partial charge in [0, 0.05) is 11.5 Å². The minimum absolute atomic E-state index is 0.0357. The zero-order valence-electron chi connectivity index (χ0n) is 17.8. The molecule has 0 aromatic rings. The second-order valence-corrected chi connectivity index (χ2v) is 10.4. The van der Waals surface area contributed by atoms with E-state index in [0.29, 0.717) is 4.90 Å². The number of amides is 2. The van der Waals surface area contributed by atoms with Gasteiger partial charge in [-0.3, -0.25) is 19.3 Å². The van der Waals surface area contributed by atoms with Crippen LogP contribution in [0.1, 0.15) is 40.5 Å². The van der Waals surface area contributed by atoms with Crippen LogP contribution in [0.4, 0.5) is 0 Å². The Hall–Kier alpha value is -1.34. The summed E-state index contributed by atoms with van der Waals surface area (Å²) in [5.41, 5.74) is 17.3. The molecular weight excluding hydrogens is 432 g/mol. The van der Waals surface area contributed by atoms with Crippen LogP contribution < -0.4 is 17.2 Å². The monoisotopic (exact) mass is 466 g/mol. The molecule has 10 nitrogen and oxygen atoms in total. The maximum absolute atomic E-state index is 12.9. The Morgan fingerprint density at radius 2 is 1.13 bits per heavy atom. The van der Waals surface area contributed by atoms with Gasteiger partial charge in [-0.15, -0.1) is 0 Å². The Kier molecular flexibility index (Phi) is 13.2. The Labute approximate surface area is 185 Å². The lowest BCUT2D eigenvalue weighted by Crippen LogP contribution is -2.59. The number of nitrogens with two attached hydrogens (primary N) is 3. The molecule has 0 aromatic carbocycles. The third kappa shape index (κ3) is 10.1. The van der Waals surface area contributed by atoms with Crippen molar-refractivity contribution in [3.8, 4) is 0 Å². The van der Waals surface area contributed by atoms with Crippen LogP contribution in [0, 0.1) is 11.8 Å². The van der Waals surface area contributed by atoms with Crippen LogP contribution in [-0.2, 0) is 19.2 Å². The molecule has 8 N–H and O–H groups in total. The van der Waals surface area contributed by atoms with Crippen molar-refractivity contribution < 1.29 is 29.4 Å². The zero-order valence-corrected chi connectivity index (χ0v) is 19.4. The van der Waals surface area contributed by atoms with Crippen LogP contribution in [-0.4, -0.2) is 74.5 Å². The fraction of sp³-hybridized carbons (Fsp3) is 0.778. The predicted octanol–water partition coefficient (Wildman–Crippen LogP) is 0.335. The van der Waals surface area contributed by atoms with Gasteiger partial charge in [-0.2, -0.15) is 0 Å². The Morgan fingerprint density at radius 3 is 1.47 bits per heavy atom. The summed E-state index contributed by atoms with van der Waals surface area (Å²) < 4.78 is 0. The summed E-state index contributed by atoms with van der Waals surface area (Å²) in [6.45, 7) is 7.43. The average Bonchev–Trinajstić information content (AvgIpc) is 2.61. The number of aliphatic carboxylic acids is 2. The van der Waals surface area contributed by atoms with Gasteiger partial charge in [0.05, 0.1) is 12.1 Å². The van der Waals surface area contributed by atoms with E-state index in [9.17, 15) is 24.3 Å². The molecule has 0 fully saturated rings. The minimum Gasteiger partial charge on any atom is -0.480 e. The van der Waals surface area contributed by atoms with Crippen molar-refractivity contribution in [2.45, 2.75) is 64.7 Å². The predicted molar refractivity (Wildman–Crippen MR) is 119 cm³/mol. The number of hydrogen-bond donors (Lipinski definition) is 5. The molecule has 0 aromatic heterocycles. The first-order chi connectivity index (χ1) is 13.8. The van der Waals surface area contributed by atoms with Crippen molar-refractivity contribution >= 4 is 45.3 Å². The molecule has 0 bridgehead atoms. The number of rotatable bonds is 14. The molecule has 0 saturated heterocycles. The second kappa shape index (κ2) is 13.9. The average molecular weight is 467 g/mol. The first-order valence-electron chi connectivity index (χ1n) is 9.63. The van der Waals surface area contributed by atoms with Gasteiger partial charge in [0.25, 0.3) is 0 Å². The van der Waals surface area contributed by atoms with Gasteiger partial charge in [0.15, 0.2) is 0 Å². The van der Waals surface area contributed by atoms with E-state index in [2.05, 4.69) is 0 Å². The van der Waals surface area contributed by atoms with Crippen LogP contribution >= 0.6 is 21.6 Å². The molecule has 174 valence electrons. The van der Waals surface area contributed by atoms with E-state index >= 15 is 0 Å². The molecule has 0 spiro atoms. The zero-order chi connectivity index (χ0) is 23.6. The smallest absolute Gasteiger partial charge is 0.327 e. The Morgan fingerprint density at radius 1 is 0.733 bits per heavy atom. The first-order valence-corrected chi connectivity index (χ1v) is 12.1. The SMILES string of the molecule is CC(C)C[C@H](N)C(=O)N(C(=O)[C@@H](N)CC(C)C)[C@@H](CSSC[C@H](N)C(=O)O)C(=O)O. The number of carboxylic acids is 2. The van der Waals surface area contributed by atoms with Gasteiger partial charge in [0.1, 0.15) is 12.1 Å². The van der Waals surface area contributed by atoms with Crippen molar-refractivity contribution in [3.05, 3.63) is 0 Å². The van der Waals surface area contributed by atoms with Crippen LogP contribution in [0.2, 0.25) is 0 Å². The van der Waals surface area contributed by atoms with Crippen molar-refractivity contribution in [3.63, 3.8) is 0 Å². The summed E-state index contributed by atoms with van der Waals surface area (Å²) in [6.07, 6.45) is 0.563. The molecule has 4 atom stereocenters. The molecule has 0 rings (SSSR count). The summed E-state index contributed by atoms with van der Waals surface area (Å²) in [5, 5.41) is 18.5. The highest BCUT2D eigenvalue weighted by molar-refractivity contribution is 8.76. The number of imide groups is 1. The second-order valence-electron chi connectivity index (χ2n) is 7.89. The number of carbonyl (C=O) groups excluding carboxylic acids is 2. The van der Waals surface area contributed by atoms with Crippen LogP contribution in [0.3, 0.4) is 0 Å². The lowest BCUT2D eigenvalue weighted by atomic mass is 10.00. The standard InChI is InChI=1S/C18H34N4O6S2/c1-9(2)5-11(19)15(23)22(16(24)12(20)6-10(3)4)14(18(27)28)8-30-29-7-13(21)17(25)26/h9-14H,5-8,19-21H2,1-4H3,(H,25,26)(H,27,28)/t11-,12-,13-,14-/m0/s1. The van der Waals surface area contributed by atoms with Crippen molar-refractivity contribution in [1.82, 2.24) is 4.90 Å². The highest BCUT2D eigenvalue weighted by atomic mass is 33.1. The highest BCUT2D eigenvalue weighted by Crippen LogP contribution is 2.25. The molecule has 2 amide bonds. The van der Waals surface area contributed by atoms with Crippen molar-refractivity contribution in [2.24, 2.45) is 29.0 Å². The van der Waals surface area contributed by atoms with E-state index in [0.717, 1.165) is 21.6 Å². The normalized spacial score (nSPS) is 15.5. The molecular formula is C18H34N4O6S2. The van der Waals surface area contributed by atoms with Gasteiger partial charge in [-0.1, -0.05) is 49.3 Å². The third-order valence-corrected chi connectivity index (χ3v) is 6.46. The van der Waals surface area contributed by atoms with E-state index in [1.165, 1.54) is 0 Å². The topological polar surface area (TPSA) is 190 Å². The van der Waals surface area contributed by atoms with Gasteiger partial charge in [-0.05, 0) is 24.7 Å². The van der Waals surface area contributed by atoms with Gasteiger partial charge < -0.3 is 27.4 Å². The van der Waals surface area contributed by atoms with E-state index in [4.69, 9.17) is 22.3 Å². The number of carboxylic acid groups (broad SMARTS) is 2. The van der Waals surface area contributed by atoms with Gasteiger partial charge in [0.2, 0.25) is 11.8 Å². The summed E-state index contributed by atoms with van der Waals surface area (Å²) >= 11 is 0. The third-order valence-electron chi connectivity index (χ3n) is 4.03. The maximum atomic E-state index is 12.9. The van der Waals surface area contributed by atoms with E-state index in [1.807, 2.05) is 27.7 Å². The molecule has 0 heterocycles. The Balaban J connectivity index is 5.56. The summed E-state index contributed by atoms with van der Waals surface area (Å²) in [6, 6.07) is -4.68. The van der Waals surface area contributed by atoms with Crippen molar-refractivity contribution in [1.29, 1.82) is 0 Å². The fourth-order valence-corrected chi connectivity index (χ4v) is 4.86. The molecule has 0 radical (unpaired) electrons. The van der Waals surface area contributed by atoms with Gasteiger partial charge >= 0.3 is 11.9 Å². The van der Waals surface area contributed by atoms with Crippen LogP contribution in [0.15, 0.2) is 0 Å². The lowest BCUT2D eigenvalue weighted by Gasteiger charge is -2.32. The van der Waals surface area contributed by atoms with Crippen LogP contribution in [0.5, 0.6) is 0 Å². The van der Waals surface area contributed by atoms with Crippen molar-refractivity contribution in [2.75, 3.05) is 11.5 Å². The molecule has 0 aliphatic heterocycles. The van der Waals surface area contributed by atoms with E-state index in [-0.39, 0.29) is 36.2 Å². The summed E-state index contributed by atoms with van der Waals surface area (Å²) in [4.78, 5) is 49.2. The number of hydrogen-bond acceptors (Lipinski definition) is 9. The Bertz CT molecular complexity index is 577. The molecule has 0 saturated carbocycles. The molecule has 0 unspecified atom stereocenters. The summed E-state index contributed by atoms with van der Waals surface area (Å²) in [5.74, 6) is -4.11. The lowest BCUT2D eigenvalue weighted by molar-refractivity contribution is -0.158. The quantitative estimate of drug-likeness (QED) is 0.175. The van der Waals surface area contributed by atoms with E-state index < -0.39 is 47.9 Å². The highest BCUT2D eigenvalue weighted by Gasteiger charge is 2.39. The summed E-state index contributed by atoms with van der Waals surface area (Å²) in [7, 11) is 2.06. The molecule has 30 heavy (non-hydrogen) atoms. The maximum Gasteiger partial charge on any atom is 0.327 e. The van der Waals surface area contributed by atoms with E-state index in [1.54, 1.807) is 0 Å². The fourth-order valence-electron chi connectivity index (χ4n) is 2.55. The first kappa shape index (κ1) is 28.7. The molecule has 0 aliphatic rings. The van der Waals surface area contributed by atoms with Crippen LogP contribution in [0.25, 0.3) is 0 Å². The molecule has 0 aliphatic carbocycles. The van der Waals surface area contributed by atoms with Gasteiger partial charge in [-0.25, -0.2) is 4.79 Å².